The van der Waals surface area contributed by atoms with Crippen molar-refractivity contribution < 1.29 is 5.11 Å². The molecule has 0 bridgehead atoms. The molecule has 5 rings (SSSR count). The van der Waals surface area contributed by atoms with Gasteiger partial charge in [0, 0.05) is 5.56 Å². The van der Waals surface area contributed by atoms with Crippen molar-refractivity contribution in [1.29, 1.82) is 0 Å². The average Bonchev–Trinajstić information content (AvgIpc) is 3.46. The first-order chi connectivity index (χ1) is 15.3. The van der Waals surface area contributed by atoms with Crippen molar-refractivity contribution >= 4 is 11.0 Å². The molecule has 0 radical (unpaired) electrons. The van der Waals surface area contributed by atoms with Gasteiger partial charge in [0.05, 0.1) is 23.6 Å². The Morgan fingerprint density at radius 1 is 0.875 bits per heavy atom. The van der Waals surface area contributed by atoms with Crippen LogP contribution in [0.5, 0.6) is 5.75 Å². The third-order valence-electron chi connectivity index (χ3n) is 5.23. The quantitative estimate of drug-likeness (QED) is 0.404. The van der Waals surface area contributed by atoms with E-state index in [1.165, 1.54) is 0 Å². The van der Waals surface area contributed by atoms with Crippen LogP contribution in [0.4, 0.5) is 0 Å². The largest absolute Gasteiger partial charge is 0.507 e. The summed E-state index contributed by atoms with van der Waals surface area (Å²) in [5.74, 6) is 0.355. The molecule has 2 aromatic heterocycles. The molecule has 0 fully saturated rings. The number of H-pyrrole nitrogens is 1. The van der Waals surface area contributed by atoms with Crippen molar-refractivity contribution in [2.24, 2.45) is 0 Å². The minimum absolute atomic E-state index is 0.104. The van der Waals surface area contributed by atoms with E-state index in [2.05, 4.69) is 46.4 Å². The molecule has 7 nitrogen and oxygen atoms in total. The Labute approximate surface area is 186 Å². The van der Waals surface area contributed by atoms with E-state index in [1.807, 2.05) is 67.6 Å². The number of benzene rings is 3. The number of aromatic amines is 1. The van der Waals surface area contributed by atoms with Crippen LogP contribution in [0.25, 0.3) is 27.8 Å². The Bertz CT molecular complexity index is 1300. The molecule has 0 spiro atoms. The Kier molecular flexibility index (Phi) is 5.73. The lowest BCUT2D eigenvalue weighted by Gasteiger charge is -2.22. The van der Waals surface area contributed by atoms with E-state index < -0.39 is 0 Å². The number of aromatic nitrogens is 6. The highest BCUT2D eigenvalue weighted by atomic mass is 16.3. The summed E-state index contributed by atoms with van der Waals surface area (Å²) in [6.07, 6.45) is 3.31. The minimum atomic E-state index is -0.104. The normalized spacial score (nSPS) is 11.2. The summed E-state index contributed by atoms with van der Waals surface area (Å²) in [6.45, 7) is 8.34. The molecule has 0 aliphatic carbocycles. The second-order valence-corrected chi connectivity index (χ2v) is 8.60. The molecule has 162 valence electrons. The summed E-state index contributed by atoms with van der Waals surface area (Å²) in [7, 11) is 0. The predicted octanol–water partition coefficient (Wildman–Crippen LogP) is 5.20. The van der Waals surface area contributed by atoms with Gasteiger partial charge in [-0.05, 0) is 53.3 Å². The summed E-state index contributed by atoms with van der Waals surface area (Å²) in [5, 5.41) is 29.2. The van der Waals surface area contributed by atoms with Crippen LogP contribution >= 0.6 is 0 Å². The van der Waals surface area contributed by atoms with Gasteiger partial charge >= 0.3 is 0 Å². The van der Waals surface area contributed by atoms with Gasteiger partial charge in [0.2, 0.25) is 0 Å². The zero-order valence-electron chi connectivity index (χ0n) is 18.6. The fourth-order valence-electron chi connectivity index (χ4n) is 3.58. The van der Waals surface area contributed by atoms with Crippen LogP contribution in [0, 0.1) is 6.92 Å². The number of phenols is 1. The van der Waals surface area contributed by atoms with E-state index >= 15 is 0 Å². The Hall–Kier alpha value is -4.00. The summed E-state index contributed by atoms with van der Waals surface area (Å²) in [4.78, 5) is 1.59. The van der Waals surface area contributed by atoms with Gasteiger partial charge in [-0.3, -0.25) is 5.10 Å². The lowest BCUT2D eigenvalue weighted by molar-refractivity contribution is 0.448. The highest BCUT2D eigenvalue weighted by molar-refractivity contribution is 5.76. The average molecular weight is 427 g/mol. The molecule has 5 aromatic rings. The number of fused-ring (bicyclic) bond motifs is 1. The maximum absolute atomic E-state index is 10.7. The predicted molar refractivity (Wildman–Crippen MR) is 126 cm³/mol. The number of para-hydroxylation sites is 2. The van der Waals surface area contributed by atoms with Crippen molar-refractivity contribution in [3.8, 4) is 22.6 Å². The van der Waals surface area contributed by atoms with Gasteiger partial charge in [-0.2, -0.15) is 15.0 Å². The molecule has 3 aromatic carbocycles. The highest BCUT2D eigenvalue weighted by Crippen LogP contribution is 2.39. The molecule has 0 saturated heterocycles. The van der Waals surface area contributed by atoms with E-state index in [9.17, 15) is 5.11 Å². The number of aryl methyl sites for hydroxylation is 1. The zero-order chi connectivity index (χ0) is 22.7. The number of nitrogens with one attached hydrogen (secondary N) is 1. The number of aromatic hydroxyl groups is 1. The first-order valence-corrected chi connectivity index (χ1v) is 10.4. The van der Waals surface area contributed by atoms with E-state index in [4.69, 9.17) is 0 Å². The van der Waals surface area contributed by atoms with Gasteiger partial charge in [-0.15, -0.1) is 5.10 Å². The van der Waals surface area contributed by atoms with E-state index in [0.717, 1.165) is 39.0 Å². The monoisotopic (exact) mass is 426 g/mol. The van der Waals surface area contributed by atoms with Crippen molar-refractivity contribution in [1.82, 2.24) is 30.4 Å². The lowest BCUT2D eigenvalue weighted by Crippen LogP contribution is -2.11. The highest BCUT2D eigenvalue weighted by Gasteiger charge is 2.20. The third kappa shape index (κ3) is 4.37. The fourth-order valence-corrected chi connectivity index (χ4v) is 3.58. The van der Waals surface area contributed by atoms with Crippen LogP contribution in [-0.4, -0.2) is 35.5 Å². The van der Waals surface area contributed by atoms with Crippen molar-refractivity contribution in [2.75, 3.05) is 0 Å². The van der Waals surface area contributed by atoms with Gasteiger partial charge in [-0.1, -0.05) is 62.4 Å². The fraction of sp³-hybridized carbons (Fsp3) is 0.200. The maximum Gasteiger partial charge on any atom is 0.127 e. The van der Waals surface area contributed by atoms with Gasteiger partial charge in [0.1, 0.15) is 11.3 Å². The smallest absolute Gasteiger partial charge is 0.127 e. The molecule has 7 heteroatoms. The summed E-state index contributed by atoms with van der Waals surface area (Å²) < 4.78 is 0. The molecular weight excluding hydrogens is 400 g/mol. The van der Waals surface area contributed by atoms with E-state index in [1.54, 1.807) is 17.2 Å². The van der Waals surface area contributed by atoms with Gasteiger partial charge in [0.15, 0.2) is 0 Å². The lowest BCUT2D eigenvalue weighted by atomic mass is 9.84. The minimum Gasteiger partial charge on any atom is -0.507 e. The number of phenolic OH excluding ortho intramolecular Hbond substituents is 1. The third-order valence-corrected chi connectivity index (χ3v) is 5.23. The standard InChI is InChI=1S/C19H21N3O.C6H5N3/c1-13-12-14(22-20-10-11-21-22)8-9-15(13)16-6-5-7-17(18(16)23)19(2,3)4;1-2-4-6-5(3-1)7-9-8-6/h5-12,23H,1-4H3;1-4H,(H,7,8,9). The van der Waals surface area contributed by atoms with Crippen LogP contribution in [0.2, 0.25) is 0 Å². The molecular formula is C25H26N6O. The summed E-state index contributed by atoms with van der Waals surface area (Å²) in [5.41, 5.74) is 6.60. The summed E-state index contributed by atoms with van der Waals surface area (Å²) in [6, 6.07) is 19.7. The van der Waals surface area contributed by atoms with Crippen LogP contribution in [0.3, 0.4) is 0 Å². The molecule has 0 amide bonds. The second kappa shape index (κ2) is 8.63. The van der Waals surface area contributed by atoms with Crippen LogP contribution < -0.4 is 0 Å². The molecule has 0 atom stereocenters. The van der Waals surface area contributed by atoms with E-state index in [-0.39, 0.29) is 5.41 Å². The van der Waals surface area contributed by atoms with E-state index in [0.29, 0.717) is 5.75 Å². The maximum atomic E-state index is 10.7. The molecule has 0 aliphatic rings. The zero-order valence-corrected chi connectivity index (χ0v) is 18.6. The van der Waals surface area contributed by atoms with Gasteiger partial charge in [0.25, 0.3) is 0 Å². The summed E-state index contributed by atoms with van der Waals surface area (Å²) >= 11 is 0. The molecule has 0 aliphatic heterocycles. The Morgan fingerprint density at radius 2 is 1.62 bits per heavy atom. The van der Waals surface area contributed by atoms with Crippen molar-refractivity contribution in [2.45, 2.75) is 33.1 Å². The number of rotatable bonds is 2. The molecule has 2 N–H and O–H groups in total. The number of nitrogens with zero attached hydrogens (tertiary/aromatic N) is 5. The van der Waals surface area contributed by atoms with Crippen LogP contribution in [0.15, 0.2) is 73.1 Å². The van der Waals surface area contributed by atoms with Crippen molar-refractivity contribution in [3.05, 3.63) is 84.2 Å². The van der Waals surface area contributed by atoms with Gasteiger partial charge in [-0.25, -0.2) is 0 Å². The van der Waals surface area contributed by atoms with Crippen LogP contribution in [0.1, 0.15) is 31.9 Å². The van der Waals surface area contributed by atoms with Gasteiger partial charge < -0.3 is 5.11 Å². The first kappa shape index (κ1) is 21.2. The molecule has 0 unspecified atom stereocenters. The molecule has 0 saturated carbocycles. The first-order valence-electron chi connectivity index (χ1n) is 10.4. The number of hydrogen-bond donors (Lipinski definition) is 2. The SMILES string of the molecule is Cc1cc(-n2nccn2)ccc1-c1cccc(C(C)(C)C)c1O.c1ccc2[nH]nnc2c1. The Morgan fingerprint density at radius 3 is 2.31 bits per heavy atom. The molecule has 2 heterocycles. The van der Waals surface area contributed by atoms with Crippen molar-refractivity contribution in [3.63, 3.8) is 0 Å². The molecule has 32 heavy (non-hydrogen) atoms. The van der Waals surface area contributed by atoms with Crippen LogP contribution in [-0.2, 0) is 5.41 Å². The topological polar surface area (TPSA) is 92.5 Å². The second-order valence-electron chi connectivity index (χ2n) is 8.60. The Balaban J connectivity index is 0.000000225. The number of hydrogen-bond acceptors (Lipinski definition) is 5.